The van der Waals surface area contributed by atoms with E-state index in [0.29, 0.717) is 12.3 Å². The summed E-state index contributed by atoms with van der Waals surface area (Å²) in [6, 6.07) is 8.51. The molecule has 1 aromatic carbocycles. The van der Waals surface area contributed by atoms with Gasteiger partial charge in [0.25, 0.3) is 0 Å². The summed E-state index contributed by atoms with van der Waals surface area (Å²) in [7, 11) is 0. The molecule has 6 nitrogen and oxygen atoms in total. The van der Waals surface area contributed by atoms with E-state index in [9.17, 15) is 9.59 Å². The highest BCUT2D eigenvalue weighted by Gasteiger charge is 2.35. The molecule has 4 rings (SSSR count). The predicted octanol–water partition coefficient (Wildman–Crippen LogP) is 2.98. The minimum Gasteiger partial charge on any atom is -0.353 e. The zero-order valence-electron chi connectivity index (χ0n) is 18.2. The number of piperidine rings is 1. The van der Waals surface area contributed by atoms with Gasteiger partial charge in [-0.1, -0.05) is 43.5 Å². The Kier molecular flexibility index (Phi) is 7.05. The highest BCUT2D eigenvalue weighted by Crippen LogP contribution is 2.27. The van der Waals surface area contributed by atoms with Crippen molar-refractivity contribution in [1.82, 2.24) is 21.1 Å². The van der Waals surface area contributed by atoms with Crippen molar-refractivity contribution in [2.24, 2.45) is 5.92 Å². The van der Waals surface area contributed by atoms with E-state index >= 15 is 0 Å². The third-order valence-corrected chi connectivity index (χ3v) is 7.14. The Morgan fingerprint density at radius 2 is 1.77 bits per heavy atom. The van der Waals surface area contributed by atoms with Crippen molar-refractivity contribution in [3.05, 3.63) is 35.4 Å². The van der Waals surface area contributed by atoms with Crippen molar-refractivity contribution in [1.29, 1.82) is 0 Å². The fourth-order valence-corrected chi connectivity index (χ4v) is 5.30. The van der Waals surface area contributed by atoms with E-state index in [1.54, 1.807) is 0 Å². The molecule has 0 radical (unpaired) electrons. The van der Waals surface area contributed by atoms with Crippen molar-refractivity contribution < 1.29 is 9.59 Å². The van der Waals surface area contributed by atoms with E-state index in [4.69, 9.17) is 0 Å². The second-order valence-electron chi connectivity index (χ2n) is 9.36. The highest BCUT2D eigenvalue weighted by molar-refractivity contribution is 5.82. The maximum absolute atomic E-state index is 13.0. The Bertz CT molecular complexity index is 738. The molecule has 1 aromatic rings. The van der Waals surface area contributed by atoms with Crippen LogP contribution in [-0.2, 0) is 9.59 Å². The lowest BCUT2D eigenvalue weighted by atomic mass is 9.86. The van der Waals surface area contributed by atoms with E-state index < -0.39 is 0 Å². The number of hydrogen-bond acceptors (Lipinski definition) is 4. The first-order valence-electron chi connectivity index (χ1n) is 11.7. The molecule has 2 aliphatic heterocycles. The Labute approximate surface area is 180 Å². The first-order valence-corrected chi connectivity index (χ1v) is 11.7. The molecule has 2 heterocycles. The molecule has 3 fully saturated rings. The van der Waals surface area contributed by atoms with Crippen molar-refractivity contribution >= 4 is 11.8 Å². The summed E-state index contributed by atoms with van der Waals surface area (Å²) < 4.78 is 0. The van der Waals surface area contributed by atoms with Gasteiger partial charge in [0.05, 0.1) is 0 Å². The fourth-order valence-electron chi connectivity index (χ4n) is 5.30. The molecule has 1 aliphatic carbocycles. The number of rotatable bonds is 5. The summed E-state index contributed by atoms with van der Waals surface area (Å²) >= 11 is 0. The van der Waals surface area contributed by atoms with Gasteiger partial charge in [0, 0.05) is 31.6 Å². The minimum atomic E-state index is -0.188. The lowest BCUT2D eigenvalue weighted by Crippen LogP contribution is -2.51. The van der Waals surface area contributed by atoms with Crippen LogP contribution < -0.4 is 16.2 Å². The minimum absolute atomic E-state index is 0.164. The van der Waals surface area contributed by atoms with Crippen molar-refractivity contribution in [3.63, 3.8) is 0 Å². The number of aryl methyl sites for hydroxylation is 1. The Balaban J connectivity index is 1.21. The maximum atomic E-state index is 13.0. The average molecular weight is 413 g/mol. The molecule has 0 spiro atoms. The SMILES string of the molecule is Cc1ccccc1C1CC(C(=O)N2CCC(NC(=O)CC3CCCCC3)CC2)NN1. The molecule has 0 bridgehead atoms. The molecule has 3 N–H and O–H groups in total. The van der Waals surface area contributed by atoms with Gasteiger partial charge in [0.15, 0.2) is 0 Å². The second kappa shape index (κ2) is 9.92. The maximum Gasteiger partial charge on any atom is 0.241 e. The summed E-state index contributed by atoms with van der Waals surface area (Å²) in [6.45, 7) is 3.56. The molecule has 30 heavy (non-hydrogen) atoms. The summed E-state index contributed by atoms with van der Waals surface area (Å²) in [6.07, 6.45) is 9.41. The van der Waals surface area contributed by atoms with Crippen molar-refractivity contribution in [2.75, 3.05) is 13.1 Å². The Morgan fingerprint density at radius 3 is 2.50 bits per heavy atom. The predicted molar refractivity (Wildman–Crippen MR) is 118 cm³/mol. The zero-order valence-corrected chi connectivity index (χ0v) is 18.2. The molecule has 2 atom stereocenters. The average Bonchev–Trinajstić information content (AvgIpc) is 3.25. The van der Waals surface area contributed by atoms with E-state index in [-0.39, 0.29) is 29.9 Å². The third kappa shape index (κ3) is 5.22. The molecule has 0 aromatic heterocycles. The van der Waals surface area contributed by atoms with Gasteiger partial charge in [0.1, 0.15) is 6.04 Å². The monoisotopic (exact) mass is 412 g/mol. The van der Waals surface area contributed by atoms with Gasteiger partial charge in [-0.3, -0.25) is 9.59 Å². The normalized spacial score (nSPS) is 26.0. The standard InChI is InChI=1S/C24H36N4O2/c1-17-7-5-6-10-20(17)21-16-22(27-26-21)24(30)28-13-11-19(12-14-28)25-23(29)15-18-8-3-2-4-9-18/h5-7,10,18-19,21-22,26-27H,2-4,8-9,11-16H2,1H3,(H,25,29). The molecular weight excluding hydrogens is 376 g/mol. The first kappa shape index (κ1) is 21.3. The number of nitrogens with one attached hydrogen (secondary N) is 3. The van der Waals surface area contributed by atoms with Crippen LogP contribution in [0.5, 0.6) is 0 Å². The zero-order chi connectivity index (χ0) is 20.9. The fraction of sp³-hybridized carbons (Fsp3) is 0.667. The third-order valence-electron chi connectivity index (χ3n) is 7.14. The van der Waals surface area contributed by atoms with Crippen LogP contribution in [0, 0.1) is 12.8 Å². The van der Waals surface area contributed by atoms with Crippen LogP contribution in [0.15, 0.2) is 24.3 Å². The van der Waals surface area contributed by atoms with Crippen LogP contribution >= 0.6 is 0 Å². The number of nitrogens with zero attached hydrogens (tertiary/aromatic N) is 1. The molecule has 2 unspecified atom stereocenters. The summed E-state index contributed by atoms with van der Waals surface area (Å²) in [4.78, 5) is 27.3. The smallest absolute Gasteiger partial charge is 0.241 e. The number of likely N-dealkylation sites (tertiary alicyclic amines) is 1. The molecule has 2 amide bonds. The largest absolute Gasteiger partial charge is 0.353 e. The highest BCUT2D eigenvalue weighted by atomic mass is 16.2. The lowest BCUT2D eigenvalue weighted by molar-refractivity contribution is -0.134. The van der Waals surface area contributed by atoms with Crippen molar-refractivity contribution in [2.45, 2.75) is 82.8 Å². The van der Waals surface area contributed by atoms with E-state index in [1.807, 2.05) is 17.0 Å². The summed E-state index contributed by atoms with van der Waals surface area (Å²) in [5, 5.41) is 3.23. The second-order valence-corrected chi connectivity index (χ2v) is 9.36. The molecule has 2 saturated heterocycles. The van der Waals surface area contributed by atoms with Gasteiger partial charge < -0.3 is 10.2 Å². The summed E-state index contributed by atoms with van der Waals surface area (Å²) in [5.74, 6) is 0.947. The van der Waals surface area contributed by atoms with Crippen LogP contribution in [0.25, 0.3) is 0 Å². The first-order chi connectivity index (χ1) is 14.6. The Morgan fingerprint density at radius 1 is 1.03 bits per heavy atom. The molecule has 1 saturated carbocycles. The quantitative estimate of drug-likeness (QED) is 0.695. The summed E-state index contributed by atoms with van der Waals surface area (Å²) in [5.41, 5.74) is 9.01. The van der Waals surface area contributed by atoms with Gasteiger partial charge in [-0.2, -0.15) is 0 Å². The van der Waals surface area contributed by atoms with Gasteiger partial charge in [-0.05, 0) is 56.1 Å². The number of carbonyl (C=O) groups is 2. The molecule has 3 aliphatic rings. The molecule has 164 valence electrons. The van der Waals surface area contributed by atoms with Gasteiger partial charge in [-0.15, -0.1) is 0 Å². The topological polar surface area (TPSA) is 73.5 Å². The van der Waals surface area contributed by atoms with Gasteiger partial charge in [-0.25, -0.2) is 10.9 Å². The number of amides is 2. The number of carbonyl (C=O) groups excluding carboxylic acids is 2. The number of benzene rings is 1. The van der Waals surface area contributed by atoms with Crippen LogP contribution in [0.3, 0.4) is 0 Å². The van der Waals surface area contributed by atoms with E-state index in [0.717, 1.165) is 32.4 Å². The number of hydrazine groups is 1. The van der Waals surface area contributed by atoms with Gasteiger partial charge in [0.2, 0.25) is 11.8 Å². The number of hydrogen-bond donors (Lipinski definition) is 3. The molecular formula is C24H36N4O2. The van der Waals surface area contributed by atoms with Crippen LogP contribution in [0.4, 0.5) is 0 Å². The van der Waals surface area contributed by atoms with Crippen LogP contribution in [0.2, 0.25) is 0 Å². The van der Waals surface area contributed by atoms with Crippen LogP contribution in [-0.4, -0.2) is 41.9 Å². The van der Waals surface area contributed by atoms with E-state index in [2.05, 4.69) is 35.2 Å². The van der Waals surface area contributed by atoms with E-state index in [1.165, 1.54) is 43.2 Å². The van der Waals surface area contributed by atoms with Crippen LogP contribution in [0.1, 0.15) is 75.0 Å². The van der Waals surface area contributed by atoms with Crippen molar-refractivity contribution in [3.8, 4) is 0 Å². The molecule has 6 heteroatoms. The Hall–Kier alpha value is -1.92. The lowest BCUT2D eigenvalue weighted by Gasteiger charge is -2.34. The van der Waals surface area contributed by atoms with Gasteiger partial charge >= 0.3 is 0 Å².